The molecular weight excluding hydrogens is 488 g/mol. The van der Waals surface area contributed by atoms with E-state index in [0.717, 1.165) is 31.6 Å². The summed E-state index contributed by atoms with van der Waals surface area (Å²) in [5.41, 5.74) is 0.748. The molecule has 1 aromatic carbocycles. The summed E-state index contributed by atoms with van der Waals surface area (Å²) >= 11 is 0. The van der Waals surface area contributed by atoms with E-state index < -0.39 is 12.1 Å². The van der Waals surface area contributed by atoms with Crippen molar-refractivity contribution in [1.29, 1.82) is 0 Å². The molecule has 0 aliphatic carbocycles. The van der Waals surface area contributed by atoms with Crippen molar-refractivity contribution in [2.45, 2.75) is 63.6 Å². The molecular formula is C28H42N4O6. The fourth-order valence-corrected chi connectivity index (χ4v) is 6.10. The van der Waals surface area contributed by atoms with Crippen molar-refractivity contribution in [3.63, 3.8) is 0 Å². The Bertz CT molecular complexity index is 986. The number of methoxy groups -OCH3 is 3. The first-order valence-electron chi connectivity index (χ1n) is 13.8. The summed E-state index contributed by atoms with van der Waals surface area (Å²) in [4.78, 5) is 44.7. The molecule has 4 rings (SSSR count). The molecule has 10 nitrogen and oxygen atoms in total. The molecule has 210 valence electrons. The van der Waals surface area contributed by atoms with Crippen LogP contribution >= 0.6 is 0 Å². The van der Waals surface area contributed by atoms with E-state index in [4.69, 9.17) is 14.2 Å². The number of piperidine rings is 2. The van der Waals surface area contributed by atoms with E-state index in [2.05, 4.69) is 10.2 Å². The van der Waals surface area contributed by atoms with E-state index in [-0.39, 0.29) is 31.2 Å². The van der Waals surface area contributed by atoms with Crippen molar-refractivity contribution in [3.8, 4) is 11.5 Å². The van der Waals surface area contributed by atoms with Gasteiger partial charge in [0.25, 0.3) is 5.91 Å². The first-order valence-corrected chi connectivity index (χ1v) is 13.8. The number of nitrogens with zero attached hydrogens (tertiary/aromatic N) is 3. The average molecular weight is 531 g/mol. The minimum Gasteiger partial charge on any atom is -0.493 e. The summed E-state index contributed by atoms with van der Waals surface area (Å²) in [5, 5.41) is 2.76. The number of ether oxygens (including phenoxy) is 3. The molecule has 3 atom stereocenters. The molecule has 3 heterocycles. The van der Waals surface area contributed by atoms with Crippen LogP contribution in [0.2, 0.25) is 0 Å². The van der Waals surface area contributed by atoms with Gasteiger partial charge in [0.1, 0.15) is 6.04 Å². The second-order valence-electron chi connectivity index (χ2n) is 10.5. The van der Waals surface area contributed by atoms with Gasteiger partial charge in [-0.1, -0.05) is 12.5 Å². The molecule has 3 fully saturated rings. The Hall–Kier alpha value is -2.85. The number of urea groups is 1. The van der Waals surface area contributed by atoms with Gasteiger partial charge in [-0.05, 0) is 68.8 Å². The molecule has 3 aliphatic rings. The lowest BCUT2D eigenvalue weighted by atomic mass is 9.83. The number of imide groups is 1. The maximum absolute atomic E-state index is 13.3. The lowest BCUT2D eigenvalue weighted by molar-refractivity contribution is -0.134. The molecule has 0 spiro atoms. The van der Waals surface area contributed by atoms with Crippen LogP contribution in [0.25, 0.3) is 0 Å². The SMILES string of the molecule is COCCN(C[C@@H]1CCCN2CCCC[C@H]12)C(=O)CC[C@H]1NC(=O)N(Cc2ccc(OC)c(OC)c2)C1=O. The molecule has 3 saturated heterocycles. The van der Waals surface area contributed by atoms with Gasteiger partial charge >= 0.3 is 6.03 Å². The van der Waals surface area contributed by atoms with Gasteiger partial charge in [-0.3, -0.25) is 14.5 Å². The van der Waals surface area contributed by atoms with Crippen LogP contribution in [0.1, 0.15) is 50.5 Å². The van der Waals surface area contributed by atoms with Crippen LogP contribution in [-0.2, 0) is 20.9 Å². The lowest BCUT2D eigenvalue weighted by Gasteiger charge is -2.45. The minimum absolute atomic E-state index is 0.00960. The summed E-state index contributed by atoms with van der Waals surface area (Å²) in [6.45, 7) is 4.18. The maximum atomic E-state index is 13.3. The highest BCUT2D eigenvalue weighted by Crippen LogP contribution is 2.32. The third-order valence-electron chi connectivity index (χ3n) is 8.14. The second-order valence-corrected chi connectivity index (χ2v) is 10.5. The van der Waals surface area contributed by atoms with Crippen molar-refractivity contribution >= 4 is 17.8 Å². The monoisotopic (exact) mass is 530 g/mol. The first kappa shape index (κ1) is 28.2. The van der Waals surface area contributed by atoms with Crippen molar-refractivity contribution in [1.82, 2.24) is 20.0 Å². The van der Waals surface area contributed by atoms with E-state index in [1.807, 2.05) is 4.90 Å². The van der Waals surface area contributed by atoms with Crippen LogP contribution in [-0.4, -0.2) is 98.7 Å². The smallest absolute Gasteiger partial charge is 0.325 e. The number of carbonyl (C=O) groups is 3. The summed E-state index contributed by atoms with van der Waals surface area (Å²) < 4.78 is 15.9. The lowest BCUT2D eigenvalue weighted by Crippen LogP contribution is -2.52. The van der Waals surface area contributed by atoms with Gasteiger partial charge in [0.05, 0.1) is 27.4 Å². The zero-order valence-corrected chi connectivity index (χ0v) is 22.9. The van der Waals surface area contributed by atoms with Gasteiger partial charge in [-0.2, -0.15) is 0 Å². The normalized spacial score (nSPS) is 23.7. The van der Waals surface area contributed by atoms with Gasteiger partial charge in [-0.15, -0.1) is 0 Å². The molecule has 0 bridgehead atoms. The van der Waals surface area contributed by atoms with Gasteiger partial charge in [0, 0.05) is 32.7 Å². The highest BCUT2D eigenvalue weighted by atomic mass is 16.5. The minimum atomic E-state index is -0.709. The van der Waals surface area contributed by atoms with Crippen LogP contribution in [0, 0.1) is 5.92 Å². The van der Waals surface area contributed by atoms with E-state index in [9.17, 15) is 14.4 Å². The van der Waals surface area contributed by atoms with Crippen molar-refractivity contribution in [3.05, 3.63) is 23.8 Å². The molecule has 0 saturated carbocycles. The van der Waals surface area contributed by atoms with Crippen LogP contribution < -0.4 is 14.8 Å². The standard InChI is InChI=1S/C28H42N4O6/c1-36-16-15-31(19-21-7-6-14-30-13-5-4-8-23(21)30)26(33)12-10-22-27(34)32(28(35)29-22)18-20-9-11-24(37-2)25(17-20)38-3/h9,11,17,21-23H,4-8,10,12-16,18-19H2,1-3H3,(H,29,35)/t21-,22+,23+/m0/s1. The molecule has 0 radical (unpaired) electrons. The van der Waals surface area contributed by atoms with Gasteiger partial charge in [0.15, 0.2) is 11.5 Å². The van der Waals surface area contributed by atoms with E-state index in [1.54, 1.807) is 32.4 Å². The van der Waals surface area contributed by atoms with Crippen LogP contribution in [0.4, 0.5) is 4.79 Å². The number of rotatable bonds is 12. The average Bonchev–Trinajstić information content (AvgIpc) is 3.21. The van der Waals surface area contributed by atoms with E-state index >= 15 is 0 Å². The number of carbonyl (C=O) groups excluding carboxylic acids is 3. The van der Waals surface area contributed by atoms with Gasteiger partial charge in [0.2, 0.25) is 5.91 Å². The van der Waals surface area contributed by atoms with Crippen molar-refractivity contribution < 1.29 is 28.6 Å². The molecule has 0 unspecified atom stereocenters. The largest absolute Gasteiger partial charge is 0.493 e. The Balaban J connectivity index is 1.34. The highest BCUT2D eigenvalue weighted by Gasteiger charge is 2.39. The molecule has 38 heavy (non-hydrogen) atoms. The maximum Gasteiger partial charge on any atom is 0.325 e. The summed E-state index contributed by atoms with van der Waals surface area (Å²) in [6, 6.07) is 4.69. The van der Waals surface area contributed by atoms with Crippen LogP contribution in [0.15, 0.2) is 18.2 Å². The summed E-state index contributed by atoms with van der Waals surface area (Å²) in [5.74, 6) is 1.27. The fraction of sp³-hybridized carbons (Fsp3) is 0.679. The molecule has 10 heteroatoms. The Kier molecular flexibility index (Phi) is 9.85. The Morgan fingerprint density at radius 3 is 2.61 bits per heavy atom. The number of nitrogens with one attached hydrogen (secondary N) is 1. The number of hydrogen-bond acceptors (Lipinski definition) is 7. The predicted molar refractivity (Wildman–Crippen MR) is 142 cm³/mol. The second kappa shape index (κ2) is 13.3. The Labute approximate surface area is 225 Å². The molecule has 4 amide bonds. The Morgan fingerprint density at radius 2 is 1.84 bits per heavy atom. The topological polar surface area (TPSA) is 101 Å². The highest BCUT2D eigenvalue weighted by molar-refractivity contribution is 6.04. The number of fused-ring (bicyclic) bond motifs is 1. The van der Waals surface area contributed by atoms with Gasteiger partial charge < -0.3 is 29.3 Å². The zero-order chi connectivity index (χ0) is 27.1. The molecule has 3 aliphatic heterocycles. The molecule has 1 aromatic rings. The third-order valence-corrected chi connectivity index (χ3v) is 8.14. The first-order chi connectivity index (χ1) is 18.4. The van der Waals surface area contributed by atoms with Crippen molar-refractivity contribution in [2.75, 3.05) is 54.1 Å². The third kappa shape index (κ3) is 6.58. The number of amides is 4. The number of hydrogen-bond donors (Lipinski definition) is 1. The number of benzene rings is 1. The van der Waals surface area contributed by atoms with Crippen LogP contribution in [0.3, 0.4) is 0 Å². The summed E-state index contributed by atoms with van der Waals surface area (Å²) in [7, 11) is 4.74. The van der Waals surface area contributed by atoms with Gasteiger partial charge in [-0.25, -0.2) is 4.79 Å². The molecule has 0 aromatic heterocycles. The zero-order valence-electron chi connectivity index (χ0n) is 22.9. The Morgan fingerprint density at radius 1 is 1.05 bits per heavy atom. The summed E-state index contributed by atoms with van der Waals surface area (Å²) in [6.07, 6.45) is 6.51. The van der Waals surface area contributed by atoms with E-state index in [1.165, 1.54) is 37.7 Å². The van der Waals surface area contributed by atoms with Crippen molar-refractivity contribution in [2.24, 2.45) is 5.92 Å². The van der Waals surface area contributed by atoms with E-state index in [0.29, 0.717) is 36.6 Å². The van der Waals surface area contributed by atoms with Crippen LogP contribution in [0.5, 0.6) is 11.5 Å². The quantitative estimate of drug-likeness (QED) is 0.415. The fourth-order valence-electron chi connectivity index (χ4n) is 6.10. The molecule has 1 N–H and O–H groups in total. The predicted octanol–water partition coefficient (Wildman–Crippen LogP) is 2.64.